The number of rotatable bonds is 3. The van der Waals surface area contributed by atoms with Crippen LogP contribution in [-0.2, 0) is 0 Å². The summed E-state index contributed by atoms with van der Waals surface area (Å²) in [6.07, 6.45) is 0.381. The van der Waals surface area contributed by atoms with E-state index in [-0.39, 0.29) is 16.2 Å². The molecule has 0 unspecified atom stereocenters. The quantitative estimate of drug-likeness (QED) is 0.239. The van der Waals surface area contributed by atoms with Crippen molar-refractivity contribution < 1.29 is 26.3 Å². The molecule has 1 aromatic heterocycles. The zero-order chi connectivity index (χ0) is 19.0. The van der Waals surface area contributed by atoms with E-state index in [2.05, 4.69) is 15.3 Å². The molecule has 0 aliphatic rings. The van der Waals surface area contributed by atoms with E-state index in [0.717, 1.165) is 10.7 Å². The molecule has 3 aromatic rings. The van der Waals surface area contributed by atoms with E-state index in [1.165, 1.54) is 18.2 Å². The molecular weight excluding hydrogens is 382 g/mol. The molecule has 0 fully saturated rings. The molecule has 0 aliphatic heterocycles. The van der Waals surface area contributed by atoms with Gasteiger partial charge in [-0.2, -0.15) is 14.9 Å². The number of nitrogens with one attached hydrogen (secondary N) is 1. The van der Waals surface area contributed by atoms with Crippen molar-refractivity contribution in [2.45, 2.75) is 0 Å². The predicted octanol–water partition coefficient (Wildman–Crippen LogP) is 4.32. The van der Waals surface area contributed by atoms with Gasteiger partial charge in [-0.3, -0.25) is 0 Å². The fourth-order valence-electron chi connectivity index (χ4n) is 2.07. The second-order valence-corrected chi connectivity index (χ2v) is 5.26. The molecule has 2 aromatic carbocycles. The highest BCUT2D eigenvalue weighted by Crippen LogP contribution is 2.23. The lowest BCUT2D eigenvalue weighted by molar-refractivity contribution is 0.377. The van der Waals surface area contributed by atoms with E-state index in [0.29, 0.717) is 6.21 Å². The third kappa shape index (κ3) is 2.90. The van der Waals surface area contributed by atoms with Gasteiger partial charge >= 0.3 is 0 Å². The fraction of sp³-hybridized carbons (Fsp3) is 0. The van der Waals surface area contributed by atoms with Crippen molar-refractivity contribution in [1.29, 1.82) is 0 Å². The van der Waals surface area contributed by atoms with Crippen LogP contribution in [0.15, 0.2) is 29.4 Å². The lowest BCUT2D eigenvalue weighted by Gasteiger charge is -2.05. The zero-order valence-corrected chi connectivity index (χ0v) is 13.2. The topological polar surface area (TPSA) is 46.0 Å². The van der Waals surface area contributed by atoms with Crippen molar-refractivity contribution in [3.05, 3.63) is 69.5 Å². The number of hydrogen-bond acceptors (Lipinski definition) is 3. The Balaban J connectivity index is 2.14. The van der Waals surface area contributed by atoms with Crippen molar-refractivity contribution in [1.82, 2.24) is 14.9 Å². The molecule has 0 spiro atoms. The largest absolute Gasteiger partial charge is 0.250 e. The molecule has 0 radical (unpaired) electrons. The molecule has 3 rings (SSSR count). The van der Waals surface area contributed by atoms with Crippen LogP contribution in [0.2, 0.25) is 0 Å². The number of H-pyrrole nitrogens is 1. The maximum Gasteiger partial charge on any atom is 0.216 e. The summed E-state index contributed by atoms with van der Waals surface area (Å²) in [5.74, 6) is -11.5. The van der Waals surface area contributed by atoms with Gasteiger partial charge in [-0.1, -0.05) is 12.1 Å². The monoisotopic (exact) mass is 388 g/mol. The van der Waals surface area contributed by atoms with E-state index in [1.54, 1.807) is 0 Å². The zero-order valence-electron chi connectivity index (χ0n) is 12.4. The van der Waals surface area contributed by atoms with E-state index < -0.39 is 40.5 Å². The molecule has 4 nitrogen and oxygen atoms in total. The van der Waals surface area contributed by atoms with E-state index in [4.69, 9.17) is 12.2 Å². The second-order valence-electron chi connectivity index (χ2n) is 4.87. The molecule has 1 N–H and O–H groups in total. The van der Waals surface area contributed by atoms with Gasteiger partial charge in [0.25, 0.3) is 0 Å². The number of hydrogen-bond donors (Lipinski definition) is 1. The predicted molar refractivity (Wildman–Crippen MR) is 82.0 cm³/mol. The first-order chi connectivity index (χ1) is 12.3. The van der Waals surface area contributed by atoms with Gasteiger partial charge in [0.2, 0.25) is 10.6 Å². The SMILES string of the molecule is Fc1ccccc1-c1n[nH]c(=S)n1/N=C/c1c(F)c(F)c(F)c(F)c1F. The van der Waals surface area contributed by atoms with Gasteiger partial charge in [-0.15, -0.1) is 0 Å². The first kappa shape index (κ1) is 17.9. The highest BCUT2D eigenvalue weighted by atomic mass is 32.1. The molecule has 0 atom stereocenters. The lowest BCUT2D eigenvalue weighted by Crippen LogP contribution is -2.07. The Labute approximate surface area is 146 Å². The Morgan fingerprint density at radius 3 is 2.12 bits per heavy atom. The summed E-state index contributed by atoms with van der Waals surface area (Å²) in [7, 11) is 0. The summed E-state index contributed by atoms with van der Waals surface area (Å²) in [6.45, 7) is 0. The van der Waals surface area contributed by atoms with Crippen LogP contribution in [0, 0.1) is 39.7 Å². The average Bonchev–Trinajstić information content (AvgIpc) is 2.99. The van der Waals surface area contributed by atoms with Gasteiger partial charge in [-0.25, -0.2) is 31.4 Å². The van der Waals surface area contributed by atoms with Crippen LogP contribution < -0.4 is 0 Å². The van der Waals surface area contributed by atoms with Gasteiger partial charge in [0, 0.05) is 0 Å². The molecule has 0 saturated heterocycles. The molecule has 11 heteroatoms. The fourth-order valence-corrected chi connectivity index (χ4v) is 2.25. The maximum atomic E-state index is 13.9. The smallest absolute Gasteiger partial charge is 0.216 e. The number of aromatic nitrogens is 3. The maximum absolute atomic E-state index is 13.9. The molecule has 0 amide bonds. The minimum absolute atomic E-state index is 0.0468. The third-order valence-corrected chi connectivity index (χ3v) is 3.58. The normalized spacial score (nSPS) is 11.5. The highest BCUT2D eigenvalue weighted by Gasteiger charge is 2.25. The number of nitrogens with zero attached hydrogens (tertiary/aromatic N) is 3. The Kier molecular flexibility index (Phi) is 4.64. The summed E-state index contributed by atoms with van der Waals surface area (Å²) < 4.78 is 81.4. The van der Waals surface area contributed by atoms with Crippen molar-refractivity contribution in [3.8, 4) is 11.4 Å². The van der Waals surface area contributed by atoms with Crippen LogP contribution in [0.4, 0.5) is 26.3 Å². The van der Waals surface area contributed by atoms with E-state index >= 15 is 0 Å². The van der Waals surface area contributed by atoms with E-state index in [9.17, 15) is 26.3 Å². The minimum Gasteiger partial charge on any atom is -0.250 e. The van der Waals surface area contributed by atoms with E-state index in [1.807, 2.05) is 0 Å². The number of aromatic amines is 1. The number of benzene rings is 2. The molecular formula is C15H6F6N4S. The molecule has 26 heavy (non-hydrogen) atoms. The van der Waals surface area contributed by atoms with Gasteiger partial charge in [0.1, 0.15) is 5.82 Å². The second kappa shape index (κ2) is 6.75. The third-order valence-electron chi connectivity index (χ3n) is 3.31. The lowest BCUT2D eigenvalue weighted by atomic mass is 10.2. The van der Waals surface area contributed by atoms with Crippen LogP contribution in [0.3, 0.4) is 0 Å². The molecule has 1 heterocycles. The van der Waals surface area contributed by atoms with Crippen LogP contribution in [0.25, 0.3) is 11.4 Å². The van der Waals surface area contributed by atoms with Gasteiger partial charge in [-0.05, 0) is 24.4 Å². The molecule has 0 saturated carbocycles. The van der Waals surface area contributed by atoms with Crippen molar-refractivity contribution in [3.63, 3.8) is 0 Å². The van der Waals surface area contributed by atoms with Crippen molar-refractivity contribution in [2.75, 3.05) is 0 Å². The van der Waals surface area contributed by atoms with Crippen molar-refractivity contribution in [2.24, 2.45) is 5.10 Å². The van der Waals surface area contributed by atoms with Crippen LogP contribution in [-0.4, -0.2) is 21.1 Å². The molecule has 134 valence electrons. The van der Waals surface area contributed by atoms with Gasteiger partial charge < -0.3 is 0 Å². The van der Waals surface area contributed by atoms with Gasteiger partial charge in [0.05, 0.1) is 17.3 Å². The first-order valence-corrected chi connectivity index (χ1v) is 7.21. The Morgan fingerprint density at radius 1 is 0.923 bits per heavy atom. The first-order valence-electron chi connectivity index (χ1n) is 6.81. The van der Waals surface area contributed by atoms with Crippen LogP contribution >= 0.6 is 12.2 Å². The summed E-state index contributed by atoms with van der Waals surface area (Å²) >= 11 is 4.88. The summed E-state index contributed by atoms with van der Waals surface area (Å²) in [4.78, 5) is 0. The summed E-state index contributed by atoms with van der Waals surface area (Å²) in [5, 5.41) is 9.63. The van der Waals surface area contributed by atoms with Crippen LogP contribution in [0.1, 0.15) is 5.56 Å². The minimum atomic E-state index is -2.29. The number of halogens is 6. The van der Waals surface area contributed by atoms with Crippen molar-refractivity contribution >= 4 is 18.4 Å². The van der Waals surface area contributed by atoms with Gasteiger partial charge in [0.15, 0.2) is 29.1 Å². The molecule has 0 aliphatic carbocycles. The summed E-state index contributed by atoms with van der Waals surface area (Å²) in [6, 6.07) is 5.38. The Hall–Kier alpha value is -2.95. The Morgan fingerprint density at radius 2 is 1.50 bits per heavy atom. The average molecular weight is 388 g/mol. The summed E-state index contributed by atoms with van der Waals surface area (Å²) in [5.41, 5.74) is -1.32. The Bertz CT molecular complexity index is 1060. The highest BCUT2D eigenvalue weighted by molar-refractivity contribution is 7.71. The van der Waals surface area contributed by atoms with Crippen LogP contribution in [0.5, 0.6) is 0 Å². The standard InChI is InChI=1S/C15H6F6N4S/c16-8-4-2-1-3-6(8)14-23-24-15(26)25(14)22-5-7-9(17)11(19)13(21)12(20)10(7)18/h1-5H,(H,24,26)/b22-5+. The molecule has 0 bridgehead atoms.